The van der Waals surface area contributed by atoms with Gasteiger partial charge in [-0.05, 0) is 75.0 Å². The van der Waals surface area contributed by atoms with Crippen LogP contribution in [0.15, 0.2) is 0 Å². The van der Waals surface area contributed by atoms with Gasteiger partial charge >= 0.3 is 0 Å². The fraction of sp³-hybridized carbons (Fsp3) is 1.00. The first kappa shape index (κ1) is 23.9. The molecule has 0 radical (unpaired) electrons. The predicted molar refractivity (Wildman–Crippen MR) is 110 cm³/mol. The average Bonchev–Trinajstić information content (AvgIpc) is 2.42. The van der Waals surface area contributed by atoms with E-state index in [9.17, 15) is 0 Å². The van der Waals surface area contributed by atoms with Crippen LogP contribution in [0.4, 0.5) is 0 Å². The molecule has 0 saturated heterocycles. The Morgan fingerprint density at radius 3 is 1.21 bits per heavy atom. The van der Waals surface area contributed by atoms with Gasteiger partial charge in [0.05, 0.1) is 6.67 Å². The summed E-state index contributed by atoms with van der Waals surface area (Å²) < 4.78 is 0. The van der Waals surface area contributed by atoms with Crippen LogP contribution in [0.5, 0.6) is 0 Å². The zero-order valence-electron chi connectivity index (χ0n) is 18.5. The van der Waals surface area contributed by atoms with E-state index in [1.54, 1.807) is 0 Å². The first-order valence-electron chi connectivity index (χ1n) is 10.4. The van der Waals surface area contributed by atoms with E-state index in [1.165, 1.54) is 51.9 Å². The molecule has 0 spiro atoms. The lowest BCUT2D eigenvalue weighted by Gasteiger charge is -2.33. The third-order valence-electron chi connectivity index (χ3n) is 4.65. The SMILES string of the molecule is CC(C)CCN(CCC(C)C)CN(CCC(C)C)CCC(C)(C)C. The van der Waals surface area contributed by atoms with Crippen LogP contribution in [0.1, 0.15) is 88.0 Å². The molecular formula is C22H48N2. The molecule has 0 atom stereocenters. The molecule has 0 amide bonds. The smallest absolute Gasteiger partial charge is 0.0506 e. The van der Waals surface area contributed by atoms with E-state index in [-0.39, 0.29) is 0 Å². The van der Waals surface area contributed by atoms with E-state index in [0.717, 1.165) is 24.4 Å². The molecule has 0 aliphatic heterocycles. The second-order valence-corrected chi connectivity index (χ2v) is 10.2. The standard InChI is InChI=1S/C22H48N2/c1-19(2)10-14-23(15-11-20(3)4)18-24(16-12-21(5)6)17-13-22(7,8)9/h19-21H,10-18H2,1-9H3. The van der Waals surface area contributed by atoms with Gasteiger partial charge in [0.15, 0.2) is 0 Å². The van der Waals surface area contributed by atoms with E-state index < -0.39 is 0 Å². The maximum Gasteiger partial charge on any atom is 0.0506 e. The number of hydrogen-bond donors (Lipinski definition) is 0. The molecule has 0 aliphatic carbocycles. The minimum atomic E-state index is 0.427. The number of nitrogens with zero attached hydrogens (tertiary/aromatic N) is 2. The van der Waals surface area contributed by atoms with Crippen LogP contribution >= 0.6 is 0 Å². The Balaban J connectivity index is 4.68. The number of hydrogen-bond acceptors (Lipinski definition) is 2. The first-order chi connectivity index (χ1) is 11.0. The highest BCUT2D eigenvalue weighted by atomic mass is 15.3. The summed E-state index contributed by atoms with van der Waals surface area (Å²) in [5.41, 5.74) is 0.427. The molecule has 2 nitrogen and oxygen atoms in total. The molecule has 0 saturated carbocycles. The lowest BCUT2D eigenvalue weighted by atomic mass is 9.92. The summed E-state index contributed by atoms with van der Waals surface area (Å²) in [6.07, 6.45) is 5.23. The van der Waals surface area contributed by atoms with Crippen molar-refractivity contribution in [3.05, 3.63) is 0 Å². The van der Waals surface area contributed by atoms with Crippen molar-refractivity contribution in [3.8, 4) is 0 Å². The molecular weight excluding hydrogens is 292 g/mol. The van der Waals surface area contributed by atoms with Gasteiger partial charge in [-0.2, -0.15) is 0 Å². The molecule has 146 valence electrons. The molecule has 0 aromatic rings. The van der Waals surface area contributed by atoms with E-state index in [0.29, 0.717) is 5.41 Å². The molecule has 2 heteroatoms. The van der Waals surface area contributed by atoms with Crippen LogP contribution in [0, 0.1) is 23.2 Å². The minimum Gasteiger partial charge on any atom is -0.290 e. The predicted octanol–water partition coefficient (Wildman–Crippen LogP) is 6.12. The van der Waals surface area contributed by atoms with Crippen LogP contribution in [-0.2, 0) is 0 Å². The largest absolute Gasteiger partial charge is 0.290 e. The molecule has 0 aliphatic rings. The first-order valence-corrected chi connectivity index (χ1v) is 10.4. The highest BCUT2D eigenvalue weighted by Crippen LogP contribution is 2.19. The van der Waals surface area contributed by atoms with Crippen molar-refractivity contribution in [1.29, 1.82) is 0 Å². The monoisotopic (exact) mass is 340 g/mol. The van der Waals surface area contributed by atoms with Gasteiger partial charge in [-0.1, -0.05) is 62.3 Å². The van der Waals surface area contributed by atoms with Crippen molar-refractivity contribution >= 4 is 0 Å². The zero-order chi connectivity index (χ0) is 18.8. The van der Waals surface area contributed by atoms with Crippen molar-refractivity contribution < 1.29 is 0 Å². The normalized spacial score (nSPS) is 13.2. The highest BCUT2D eigenvalue weighted by Gasteiger charge is 2.17. The molecule has 24 heavy (non-hydrogen) atoms. The Hall–Kier alpha value is -0.0800. The average molecular weight is 341 g/mol. The fourth-order valence-electron chi connectivity index (χ4n) is 2.61. The van der Waals surface area contributed by atoms with Crippen molar-refractivity contribution in [2.75, 3.05) is 32.8 Å². The van der Waals surface area contributed by atoms with Gasteiger partial charge in [-0.25, -0.2) is 0 Å². The summed E-state index contributed by atoms with van der Waals surface area (Å²) in [5.74, 6) is 2.39. The molecule has 0 unspecified atom stereocenters. The van der Waals surface area contributed by atoms with Crippen molar-refractivity contribution in [3.63, 3.8) is 0 Å². The third kappa shape index (κ3) is 15.4. The second kappa shape index (κ2) is 12.3. The quantitative estimate of drug-likeness (QED) is 0.372. The maximum absolute atomic E-state index is 2.71. The molecule has 0 rings (SSSR count). The summed E-state index contributed by atoms with van der Waals surface area (Å²) in [7, 11) is 0. The summed E-state index contributed by atoms with van der Waals surface area (Å²) in [6.45, 7) is 27.3. The fourth-order valence-corrected chi connectivity index (χ4v) is 2.61. The minimum absolute atomic E-state index is 0.427. The summed E-state index contributed by atoms with van der Waals surface area (Å²) in [5, 5.41) is 0. The Bertz CT molecular complexity index is 277. The van der Waals surface area contributed by atoms with E-state index >= 15 is 0 Å². The van der Waals surface area contributed by atoms with Gasteiger partial charge < -0.3 is 0 Å². The summed E-state index contributed by atoms with van der Waals surface area (Å²) in [6, 6.07) is 0. The topological polar surface area (TPSA) is 6.48 Å². The maximum atomic E-state index is 2.71. The van der Waals surface area contributed by atoms with Crippen molar-refractivity contribution in [1.82, 2.24) is 9.80 Å². The van der Waals surface area contributed by atoms with Gasteiger partial charge in [-0.3, -0.25) is 9.80 Å². The van der Waals surface area contributed by atoms with Crippen molar-refractivity contribution in [2.24, 2.45) is 23.2 Å². The third-order valence-corrected chi connectivity index (χ3v) is 4.65. The molecule has 0 aromatic heterocycles. The van der Waals surface area contributed by atoms with Crippen LogP contribution in [0.3, 0.4) is 0 Å². The second-order valence-electron chi connectivity index (χ2n) is 10.2. The van der Waals surface area contributed by atoms with Crippen LogP contribution < -0.4 is 0 Å². The molecule has 0 N–H and O–H groups in total. The Kier molecular flexibility index (Phi) is 12.3. The molecule has 0 fully saturated rings. The van der Waals surface area contributed by atoms with E-state index in [1.807, 2.05) is 0 Å². The Labute approximate surface area is 154 Å². The van der Waals surface area contributed by atoms with Gasteiger partial charge in [-0.15, -0.1) is 0 Å². The van der Waals surface area contributed by atoms with Crippen LogP contribution in [-0.4, -0.2) is 42.6 Å². The van der Waals surface area contributed by atoms with Gasteiger partial charge in [0, 0.05) is 0 Å². The van der Waals surface area contributed by atoms with Gasteiger partial charge in [0.2, 0.25) is 0 Å². The lowest BCUT2D eigenvalue weighted by molar-refractivity contribution is 0.106. The molecule has 0 heterocycles. The number of rotatable bonds is 13. The van der Waals surface area contributed by atoms with Crippen LogP contribution in [0.2, 0.25) is 0 Å². The molecule has 0 aromatic carbocycles. The highest BCUT2D eigenvalue weighted by molar-refractivity contribution is 4.69. The Morgan fingerprint density at radius 2 is 0.917 bits per heavy atom. The summed E-state index contributed by atoms with van der Waals surface area (Å²) in [4.78, 5) is 5.43. The van der Waals surface area contributed by atoms with E-state index in [4.69, 9.17) is 0 Å². The van der Waals surface area contributed by atoms with Gasteiger partial charge in [0.25, 0.3) is 0 Å². The molecule has 0 bridgehead atoms. The zero-order valence-corrected chi connectivity index (χ0v) is 18.5. The van der Waals surface area contributed by atoms with Crippen LogP contribution in [0.25, 0.3) is 0 Å². The van der Waals surface area contributed by atoms with Gasteiger partial charge in [0.1, 0.15) is 0 Å². The van der Waals surface area contributed by atoms with E-state index in [2.05, 4.69) is 72.1 Å². The lowest BCUT2D eigenvalue weighted by Crippen LogP contribution is -2.41. The van der Waals surface area contributed by atoms with Crippen molar-refractivity contribution in [2.45, 2.75) is 88.0 Å². The summed E-state index contributed by atoms with van der Waals surface area (Å²) >= 11 is 0. The Morgan fingerprint density at radius 1 is 0.583 bits per heavy atom.